The first kappa shape index (κ1) is 21.2. The highest BCUT2D eigenvalue weighted by atomic mass is 32.2. The Morgan fingerprint density at radius 3 is 2.35 bits per heavy atom. The number of hydrogen-bond acceptors (Lipinski definition) is 7. The highest BCUT2D eigenvalue weighted by Gasteiger charge is 2.31. The summed E-state index contributed by atoms with van der Waals surface area (Å²) in [5.41, 5.74) is 0.396. The number of carbonyl (C=O) groups excluding carboxylic acids is 3. The van der Waals surface area contributed by atoms with Gasteiger partial charge in [0.25, 0.3) is 11.8 Å². The molecule has 9 nitrogen and oxygen atoms in total. The van der Waals surface area contributed by atoms with Crippen LogP contribution in [-0.4, -0.2) is 74.7 Å². The molecule has 4 rings (SSSR count). The number of Topliss-reactive ketones (excluding diaryl/α,β-unsaturated/α-hetero) is 1. The average Bonchev–Trinajstić information content (AvgIpc) is 2.92. The molecule has 1 fully saturated rings. The van der Waals surface area contributed by atoms with Gasteiger partial charge in [-0.25, -0.2) is 8.42 Å². The minimum atomic E-state index is -3.68. The van der Waals surface area contributed by atoms with Crippen LogP contribution in [0.2, 0.25) is 0 Å². The molecule has 2 amide bonds. The zero-order valence-corrected chi connectivity index (χ0v) is 17.3. The first-order valence-corrected chi connectivity index (χ1v) is 11.1. The Balaban J connectivity index is 1.51. The van der Waals surface area contributed by atoms with E-state index in [0.29, 0.717) is 13.2 Å². The minimum absolute atomic E-state index is 0.0650. The molecule has 0 radical (unpaired) electrons. The lowest BCUT2D eigenvalue weighted by Crippen LogP contribution is -2.41. The maximum absolute atomic E-state index is 12.8. The second kappa shape index (κ2) is 8.58. The molecule has 0 atom stereocenters. The van der Waals surface area contributed by atoms with Gasteiger partial charge in [0.2, 0.25) is 10.0 Å². The first-order valence-electron chi connectivity index (χ1n) is 9.65. The molecule has 0 aromatic heterocycles. The van der Waals surface area contributed by atoms with Crippen LogP contribution in [0.3, 0.4) is 0 Å². The van der Waals surface area contributed by atoms with Gasteiger partial charge in [-0.15, -0.1) is 0 Å². The predicted molar refractivity (Wildman–Crippen MR) is 108 cm³/mol. The molecule has 2 aliphatic heterocycles. The van der Waals surface area contributed by atoms with Crippen molar-refractivity contribution in [3.8, 4) is 5.75 Å². The van der Waals surface area contributed by atoms with Gasteiger partial charge >= 0.3 is 0 Å². The zero-order chi connectivity index (χ0) is 22.0. The van der Waals surface area contributed by atoms with Crippen molar-refractivity contribution in [1.82, 2.24) is 9.21 Å². The van der Waals surface area contributed by atoms with Gasteiger partial charge in [0.1, 0.15) is 5.75 Å². The minimum Gasteiger partial charge on any atom is -0.483 e. The van der Waals surface area contributed by atoms with Crippen LogP contribution in [0.5, 0.6) is 5.75 Å². The van der Waals surface area contributed by atoms with Crippen molar-refractivity contribution < 1.29 is 32.3 Å². The van der Waals surface area contributed by atoms with Crippen LogP contribution in [0.15, 0.2) is 53.4 Å². The van der Waals surface area contributed by atoms with Gasteiger partial charge in [0, 0.05) is 18.7 Å². The SMILES string of the molecule is O=C(CN1C(=O)COc2ccccc2C1=O)c1ccc(S(=O)(=O)N2CCOCC2)cc1. The van der Waals surface area contributed by atoms with E-state index in [9.17, 15) is 22.8 Å². The molecule has 0 spiro atoms. The number of ether oxygens (including phenoxy) is 2. The van der Waals surface area contributed by atoms with E-state index in [0.717, 1.165) is 4.90 Å². The van der Waals surface area contributed by atoms with E-state index in [2.05, 4.69) is 0 Å². The summed E-state index contributed by atoms with van der Waals surface area (Å²) in [7, 11) is -3.68. The van der Waals surface area contributed by atoms with Gasteiger partial charge in [0.15, 0.2) is 12.4 Å². The van der Waals surface area contributed by atoms with Gasteiger partial charge in [0.05, 0.1) is 30.2 Å². The van der Waals surface area contributed by atoms with Gasteiger partial charge in [-0.05, 0) is 36.4 Å². The third-order valence-electron chi connectivity index (χ3n) is 5.10. The molecule has 31 heavy (non-hydrogen) atoms. The van der Waals surface area contributed by atoms with Crippen LogP contribution in [0.1, 0.15) is 20.7 Å². The Bertz CT molecular complexity index is 1120. The monoisotopic (exact) mass is 444 g/mol. The number of nitrogens with zero attached hydrogens (tertiary/aromatic N) is 2. The standard InChI is InChI=1S/C21H20N2O7S/c24-18(13-23-20(25)14-30-19-4-2-1-3-17(19)21(23)26)15-5-7-16(8-6-15)31(27,28)22-9-11-29-12-10-22/h1-8H,9-14H2. The summed E-state index contributed by atoms with van der Waals surface area (Å²) in [5, 5.41) is 0. The number of amides is 2. The highest BCUT2D eigenvalue weighted by Crippen LogP contribution is 2.23. The molecule has 2 heterocycles. The van der Waals surface area contributed by atoms with Crippen LogP contribution in [-0.2, 0) is 19.6 Å². The van der Waals surface area contributed by atoms with E-state index in [-0.39, 0.29) is 41.5 Å². The summed E-state index contributed by atoms with van der Waals surface area (Å²) in [6.45, 7) is 0.385. The van der Waals surface area contributed by atoms with Crippen LogP contribution >= 0.6 is 0 Å². The van der Waals surface area contributed by atoms with Crippen molar-refractivity contribution in [2.75, 3.05) is 39.5 Å². The van der Waals surface area contributed by atoms with Gasteiger partial charge in [-0.1, -0.05) is 12.1 Å². The van der Waals surface area contributed by atoms with E-state index in [1.165, 1.54) is 34.6 Å². The summed E-state index contributed by atoms with van der Waals surface area (Å²) in [6.07, 6.45) is 0. The number of benzene rings is 2. The third-order valence-corrected chi connectivity index (χ3v) is 7.01. The number of sulfonamides is 1. The van der Waals surface area contributed by atoms with Crippen molar-refractivity contribution in [1.29, 1.82) is 0 Å². The molecule has 0 N–H and O–H groups in total. The lowest BCUT2D eigenvalue weighted by atomic mass is 10.1. The molecule has 162 valence electrons. The summed E-state index contributed by atoms with van der Waals surface area (Å²) < 4.78 is 37.3. The van der Waals surface area contributed by atoms with Crippen molar-refractivity contribution in [2.45, 2.75) is 4.90 Å². The largest absolute Gasteiger partial charge is 0.483 e. The Kier molecular flexibility index (Phi) is 5.86. The van der Waals surface area contributed by atoms with Crippen molar-refractivity contribution in [3.63, 3.8) is 0 Å². The molecular weight excluding hydrogens is 424 g/mol. The van der Waals surface area contributed by atoms with Gasteiger partial charge in [-0.3, -0.25) is 19.3 Å². The maximum Gasteiger partial charge on any atom is 0.267 e. The number of fused-ring (bicyclic) bond motifs is 1. The van der Waals surface area contributed by atoms with E-state index in [1.807, 2.05) is 0 Å². The Morgan fingerprint density at radius 1 is 0.968 bits per heavy atom. The number of para-hydroxylation sites is 1. The zero-order valence-electron chi connectivity index (χ0n) is 16.5. The summed E-state index contributed by atoms with van der Waals surface area (Å²) in [6, 6.07) is 11.9. The first-order chi connectivity index (χ1) is 14.9. The average molecular weight is 444 g/mol. The molecule has 0 bridgehead atoms. The van der Waals surface area contributed by atoms with Crippen LogP contribution < -0.4 is 4.74 Å². The van der Waals surface area contributed by atoms with Crippen molar-refractivity contribution >= 4 is 27.6 Å². The Labute approximate surface area is 179 Å². The molecule has 10 heteroatoms. The topological polar surface area (TPSA) is 110 Å². The van der Waals surface area contributed by atoms with Crippen molar-refractivity contribution in [2.24, 2.45) is 0 Å². The summed E-state index contributed by atoms with van der Waals surface area (Å²) in [5.74, 6) is -1.44. The summed E-state index contributed by atoms with van der Waals surface area (Å²) in [4.78, 5) is 38.8. The van der Waals surface area contributed by atoms with Gasteiger partial charge < -0.3 is 9.47 Å². The fourth-order valence-electron chi connectivity index (χ4n) is 3.39. The predicted octanol–water partition coefficient (Wildman–Crippen LogP) is 0.952. The number of hydrogen-bond donors (Lipinski definition) is 0. The van der Waals surface area contributed by atoms with Crippen molar-refractivity contribution in [3.05, 3.63) is 59.7 Å². The molecule has 2 aliphatic rings. The second-order valence-corrected chi connectivity index (χ2v) is 8.97. The fraction of sp³-hybridized carbons (Fsp3) is 0.286. The molecule has 0 saturated carbocycles. The van der Waals surface area contributed by atoms with E-state index in [4.69, 9.17) is 9.47 Å². The van der Waals surface area contributed by atoms with E-state index < -0.39 is 34.2 Å². The molecule has 2 aromatic rings. The molecule has 0 aliphatic carbocycles. The Hall–Kier alpha value is -3.08. The molecule has 2 aromatic carbocycles. The van der Waals surface area contributed by atoms with Crippen LogP contribution in [0.25, 0.3) is 0 Å². The number of imide groups is 1. The van der Waals surface area contributed by atoms with Crippen LogP contribution in [0, 0.1) is 0 Å². The second-order valence-electron chi connectivity index (χ2n) is 7.03. The molecule has 1 saturated heterocycles. The number of morpholine rings is 1. The number of ketones is 1. The summed E-state index contributed by atoms with van der Waals surface area (Å²) >= 11 is 0. The maximum atomic E-state index is 12.8. The molecular formula is C21H20N2O7S. The normalized spacial score (nSPS) is 17.6. The number of rotatable bonds is 5. The van der Waals surface area contributed by atoms with Gasteiger partial charge in [-0.2, -0.15) is 4.31 Å². The van der Waals surface area contributed by atoms with Crippen LogP contribution in [0.4, 0.5) is 0 Å². The quantitative estimate of drug-likeness (QED) is 0.499. The number of carbonyl (C=O) groups is 3. The lowest BCUT2D eigenvalue weighted by Gasteiger charge is -2.26. The smallest absolute Gasteiger partial charge is 0.267 e. The van der Waals surface area contributed by atoms with E-state index >= 15 is 0 Å². The highest BCUT2D eigenvalue weighted by molar-refractivity contribution is 7.89. The lowest BCUT2D eigenvalue weighted by molar-refractivity contribution is -0.129. The fourth-order valence-corrected chi connectivity index (χ4v) is 4.80. The Morgan fingerprint density at radius 2 is 1.65 bits per heavy atom. The van der Waals surface area contributed by atoms with E-state index in [1.54, 1.807) is 18.2 Å². The molecule has 0 unspecified atom stereocenters. The third kappa shape index (κ3) is 4.22.